The van der Waals surface area contributed by atoms with Gasteiger partial charge < -0.3 is 9.84 Å². The van der Waals surface area contributed by atoms with Gasteiger partial charge in [-0.2, -0.15) is 13.2 Å². The van der Waals surface area contributed by atoms with Crippen molar-refractivity contribution in [3.63, 3.8) is 0 Å². The third-order valence-corrected chi connectivity index (χ3v) is 6.11. The number of allylic oxidation sites excluding steroid dienone is 1. The molecular formula is C28H29F3O3S. The zero-order chi connectivity index (χ0) is 26.0. The fourth-order valence-electron chi connectivity index (χ4n) is 3.03. The van der Waals surface area contributed by atoms with E-state index in [1.54, 1.807) is 19.1 Å². The van der Waals surface area contributed by atoms with Crippen LogP contribution in [0.2, 0.25) is 0 Å². The van der Waals surface area contributed by atoms with Gasteiger partial charge in [0.2, 0.25) is 0 Å². The number of halogens is 3. The molecule has 0 aliphatic carbocycles. The van der Waals surface area contributed by atoms with Crippen molar-refractivity contribution in [2.45, 2.75) is 44.0 Å². The molecule has 3 rings (SSSR count). The zero-order valence-corrected chi connectivity index (χ0v) is 20.9. The van der Waals surface area contributed by atoms with Crippen LogP contribution in [0.25, 0.3) is 16.7 Å². The monoisotopic (exact) mass is 502 g/mol. The summed E-state index contributed by atoms with van der Waals surface area (Å²) >= 11 is 1.27. The van der Waals surface area contributed by atoms with E-state index in [2.05, 4.69) is 0 Å². The van der Waals surface area contributed by atoms with Crippen molar-refractivity contribution in [3.05, 3.63) is 90.0 Å². The lowest BCUT2D eigenvalue weighted by Crippen LogP contribution is -2.10. The normalized spacial score (nSPS) is 12.4. The second-order valence-electron chi connectivity index (χ2n) is 7.42. The minimum atomic E-state index is -4.34. The highest BCUT2D eigenvalue weighted by Crippen LogP contribution is 2.31. The number of hydrogen-bond donors (Lipinski definition) is 1. The van der Waals surface area contributed by atoms with E-state index >= 15 is 0 Å². The van der Waals surface area contributed by atoms with Crippen molar-refractivity contribution in [3.8, 4) is 16.9 Å². The summed E-state index contributed by atoms with van der Waals surface area (Å²) in [5.74, 6) is -0.169. The summed E-state index contributed by atoms with van der Waals surface area (Å²) in [5.41, 5.74) is 2.90. The maximum Gasteiger partial charge on any atom is 0.416 e. The van der Waals surface area contributed by atoms with E-state index < -0.39 is 23.0 Å². The number of hydrogen-bond acceptors (Lipinski definition) is 3. The maximum atomic E-state index is 12.7. The number of benzene rings is 3. The minimum Gasteiger partial charge on any atom is -0.490 e. The first-order chi connectivity index (χ1) is 16.6. The fraction of sp³-hybridized carbons (Fsp3) is 0.250. The number of thioether (sulfide) groups is 1. The van der Waals surface area contributed by atoms with E-state index in [1.165, 1.54) is 23.9 Å². The second-order valence-corrected chi connectivity index (χ2v) is 8.83. The number of carbonyl (C=O) groups is 1. The number of carboxylic acid groups (broad SMARTS) is 1. The summed E-state index contributed by atoms with van der Waals surface area (Å²) in [4.78, 5) is 11.8. The first kappa shape index (κ1) is 28.1. The summed E-state index contributed by atoms with van der Waals surface area (Å²) < 4.78 is 43.9. The van der Waals surface area contributed by atoms with E-state index in [0.717, 1.165) is 39.3 Å². The second kappa shape index (κ2) is 13.0. The fourth-order valence-corrected chi connectivity index (χ4v) is 3.83. The zero-order valence-electron chi connectivity index (χ0n) is 20.1. The number of alkyl halides is 3. The molecule has 35 heavy (non-hydrogen) atoms. The van der Waals surface area contributed by atoms with Crippen LogP contribution in [0.3, 0.4) is 0 Å². The van der Waals surface area contributed by atoms with Crippen LogP contribution in [0.5, 0.6) is 5.75 Å². The summed E-state index contributed by atoms with van der Waals surface area (Å²) in [6, 6.07) is 20.0. The Morgan fingerprint density at radius 3 is 1.94 bits per heavy atom. The van der Waals surface area contributed by atoms with Gasteiger partial charge in [-0.1, -0.05) is 50.2 Å². The quantitative estimate of drug-likeness (QED) is 0.314. The highest BCUT2D eigenvalue weighted by Gasteiger charge is 2.29. The Labute approximate surface area is 208 Å². The van der Waals surface area contributed by atoms with Crippen molar-refractivity contribution in [1.29, 1.82) is 0 Å². The molecule has 0 saturated carbocycles. The molecule has 7 heteroatoms. The summed E-state index contributed by atoms with van der Waals surface area (Å²) in [6.45, 7) is 7.97. The lowest BCUT2D eigenvalue weighted by Gasteiger charge is -2.09. The van der Waals surface area contributed by atoms with Gasteiger partial charge in [0.25, 0.3) is 0 Å². The van der Waals surface area contributed by atoms with Crippen LogP contribution in [0.1, 0.15) is 38.8 Å². The van der Waals surface area contributed by atoms with Gasteiger partial charge in [-0.25, -0.2) is 0 Å². The lowest BCUT2D eigenvalue weighted by molar-refractivity contribution is -0.138. The lowest BCUT2D eigenvalue weighted by atomic mass is 10.00. The minimum absolute atomic E-state index is 0.366. The average molecular weight is 503 g/mol. The molecule has 186 valence electrons. The molecule has 0 bridgehead atoms. The number of ether oxygens (including phenoxy) is 1. The van der Waals surface area contributed by atoms with Gasteiger partial charge >= 0.3 is 12.1 Å². The van der Waals surface area contributed by atoms with Crippen LogP contribution < -0.4 is 4.74 Å². The summed E-state index contributed by atoms with van der Waals surface area (Å²) in [6.07, 6.45) is -2.39. The van der Waals surface area contributed by atoms with Crippen molar-refractivity contribution < 1.29 is 27.8 Å². The Morgan fingerprint density at radius 2 is 1.46 bits per heavy atom. The SMILES string of the molecule is C/C(=C\COc1ccc(SC(C)C(=O)O)cc1)c1ccc(-c2ccc(C(F)(F)F)cc2)cc1.CC. The third kappa shape index (κ3) is 8.51. The van der Waals surface area contributed by atoms with Crippen molar-refractivity contribution in [2.24, 2.45) is 0 Å². The van der Waals surface area contributed by atoms with Gasteiger partial charge in [-0.3, -0.25) is 4.79 Å². The predicted octanol–water partition coefficient (Wildman–Crippen LogP) is 8.45. The molecule has 3 nitrogen and oxygen atoms in total. The molecule has 0 spiro atoms. The van der Waals surface area contributed by atoms with Crippen molar-refractivity contribution in [2.75, 3.05) is 6.61 Å². The molecule has 0 aliphatic rings. The maximum absolute atomic E-state index is 12.7. The number of rotatable bonds is 8. The van der Waals surface area contributed by atoms with E-state index in [-0.39, 0.29) is 0 Å². The molecule has 3 aromatic carbocycles. The first-order valence-electron chi connectivity index (χ1n) is 11.2. The van der Waals surface area contributed by atoms with Crippen LogP contribution in [0, 0.1) is 0 Å². The first-order valence-corrected chi connectivity index (χ1v) is 12.1. The predicted molar refractivity (Wildman–Crippen MR) is 137 cm³/mol. The molecule has 1 N–H and O–H groups in total. The highest BCUT2D eigenvalue weighted by molar-refractivity contribution is 8.00. The molecule has 0 aromatic heterocycles. The van der Waals surface area contributed by atoms with Crippen LogP contribution in [-0.2, 0) is 11.0 Å². The van der Waals surface area contributed by atoms with Crippen LogP contribution in [0.15, 0.2) is 83.8 Å². The Bertz CT molecular complexity index is 1100. The molecule has 0 fully saturated rings. The molecule has 3 aromatic rings. The molecule has 1 atom stereocenters. The summed E-state index contributed by atoms with van der Waals surface area (Å²) in [5, 5.41) is 8.46. The Morgan fingerprint density at radius 1 is 0.943 bits per heavy atom. The van der Waals surface area contributed by atoms with E-state index in [9.17, 15) is 18.0 Å². The molecular weight excluding hydrogens is 473 g/mol. The Balaban J connectivity index is 0.00000210. The molecule has 0 aliphatic heterocycles. The number of carboxylic acids is 1. The van der Waals surface area contributed by atoms with E-state index in [0.29, 0.717) is 12.4 Å². The van der Waals surface area contributed by atoms with E-state index in [1.807, 2.05) is 63.2 Å². The Kier molecular flexibility index (Phi) is 10.5. The third-order valence-electron chi connectivity index (χ3n) is 5.01. The number of aliphatic carboxylic acids is 1. The summed E-state index contributed by atoms with van der Waals surface area (Å²) in [7, 11) is 0. The van der Waals surface area contributed by atoms with Crippen LogP contribution >= 0.6 is 11.8 Å². The highest BCUT2D eigenvalue weighted by atomic mass is 32.2. The van der Waals surface area contributed by atoms with Gasteiger partial charge in [0.05, 0.1) is 5.56 Å². The average Bonchev–Trinajstić information content (AvgIpc) is 2.86. The standard InChI is InChI=1S/C26H23F3O3S.C2H6/c1-17(15-16-32-23-11-13-24(14-12-23)33-18(2)25(30)31)19-3-5-20(6-4-19)21-7-9-22(10-8-21)26(27,28)29;1-2/h3-15,18H,16H2,1-2H3,(H,30,31);1-2H3/b17-15+;. The van der Waals surface area contributed by atoms with Gasteiger partial charge in [-0.15, -0.1) is 11.8 Å². The van der Waals surface area contributed by atoms with E-state index in [4.69, 9.17) is 9.84 Å². The smallest absolute Gasteiger partial charge is 0.416 e. The van der Waals surface area contributed by atoms with Gasteiger partial charge in [0.1, 0.15) is 17.6 Å². The molecule has 1 unspecified atom stereocenters. The molecule has 0 heterocycles. The molecule has 0 saturated heterocycles. The van der Waals surface area contributed by atoms with Gasteiger partial charge in [0.15, 0.2) is 0 Å². The van der Waals surface area contributed by atoms with Crippen LogP contribution in [0.4, 0.5) is 13.2 Å². The van der Waals surface area contributed by atoms with Crippen molar-refractivity contribution in [1.82, 2.24) is 0 Å². The van der Waals surface area contributed by atoms with Crippen molar-refractivity contribution >= 4 is 23.3 Å². The topological polar surface area (TPSA) is 46.5 Å². The molecule has 0 amide bonds. The van der Waals surface area contributed by atoms with Gasteiger partial charge in [0, 0.05) is 4.90 Å². The Hall–Kier alpha value is -3.19. The van der Waals surface area contributed by atoms with Gasteiger partial charge in [-0.05, 0) is 78.6 Å². The molecule has 0 radical (unpaired) electrons. The van der Waals surface area contributed by atoms with Crippen LogP contribution in [-0.4, -0.2) is 22.9 Å². The largest absolute Gasteiger partial charge is 0.490 e.